The van der Waals surface area contributed by atoms with Gasteiger partial charge in [-0.2, -0.15) is 4.57 Å². The molecule has 0 spiro atoms. The highest BCUT2D eigenvalue weighted by atomic mass is 15.0. The van der Waals surface area contributed by atoms with Crippen molar-refractivity contribution in [3.63, 3.8) is 0 Å². The molecule has 1 heteroatoms. The Balaban J connectivity index is 2.01. The second-order valence-electron chi connectivity index (χ2n) is 8.14. The quantitative estimate of drug-likeness (QED) is 0.437. The van der Waals surface area contributed by atoms with Gasteiger partial charge >= 0.3 is 0 Å². The van der Waals surface area contributed by atoms with Gasteiger partial charge in [0.15, 0.2) is 12.2 Å². The fraction of sp³-hybridized carbons (Fsp3) is 0.370. The van der Waals surface area contributed by atoms with Crippen molar-refractivity contribution in [1.29, 1.82) is 0 Å². The Morgan fingerprint density at radius 2 is 1.54 bits per heavy atom. The van der Waals surface area contributed by atoms with Gasteiger partial charge in [-0.15, -0.1) is 0 Å². The third kappa shape index (κ3) is 3.07. The van der Waals surface area contributed by atoms with Crippen LogP contribution in [0.5, 0.6) is 0 Å². The minimum Gasteiger partial charge on any atom is -0.195 e. The first-order valence-corrected chi connectivity index (χ1v) is 10.9. The van der Waals surface area contributed by atoms with Crippen molar-refractivity contribution >= 4 is 0 Å². The standard InChI is InChI=1S/C27H32N/c1-5-20-17-27-25-16-12-11-15-24(25)23(7-3)22(6-2)19(4)28(27)18-26(20)21-13-9-8-10-14-21/h8-19,22-23H,5-7H2,1-4H3/q+1. The van der Waals surface area contributed by atoms with Crippen LogP contribution in [0.1, 0.15) is 63.6 Å². The monoisotopic (exact) mass is 370 g/mol. The number of nitrogens with zero attached hydrogens (tertiary/aromatic N) is 1. The molecular formula is C27H32N+. The molecule has 0 aliphatic carbocycles. The van der Waals surface area contributed by atoms with Crippen molar-refractivity contribution in [2.45, 2.75) is 58.9 Å². The van der Waals surface area contributed by atoms with E-state index in [1.54, 1.807) is 0 Å². The molecule has 1 aliphatic rings. The summed E-state index contributed by atoms with van der Waals surface area (Å²) >= 11 is 0. The fourth-order valence-corrected chi connectivity index (χ4v) is 5.31. The van der Waals surface area contributed by atoms with Gasteiger partial charge in [0.1, 0.15) is 0 Å². The highest BCUT2D eigenvalue weighted by molar-refractivity contribution is 5.70. The summed E-state index contributed by atoms with van der Waals surface area (Å²) in [5.74, 6) is 1.26. The van der Waals surface area contributed by atoms with Crippen molar-refractivity contribution in [3.05, 3.63) is 78.0 Å². The largest absolute Gasteiger partial charge is 0.213 e. The topological polar surface area (TPSA) is 3.88 Å². The van der Waals surface area contributed by atoms with Crippen LogP contribution < -0.4 is 4.57 Å². The van der Waals surface area contributed by atoms with Crippen LogP contribution >= 0.6 is 0 Å². The summed E-state index contributed by atoms with van der Waals surface area (Å²) in [6, 6.07) is 22.9. The molecule has 1 nitrogen and oxygen atoms in total. The average molecular weight is 371 g/mol. The van der Waals surface area contributed by atoms with Crippen LogP contribution in [-0.4, -0.2) is 0 Å². The molecule has 0 amide bonds. The maximum Gasteiger partial charge on any atom is 0.213 e. The molecule has 0 radical (unpaired) electrons. The van der Waals surface area contributed by atoms with Gasteiger partial charge in [0.05, 0.1) is 0 Å². The third-order valence-electron chi connectivity index (χ3n) is 6.79. The van der Waals surface area contributed by atoms with Crippen LogP contribution in [0.4, 0.5) is 0 Å². The zero-order valence-electron chi connectivity index (χ0n) is 17.7. The third-order valence-corrected chi connectivity index (χ3v) is 6.79. The molecule has 0 fully saturated rings. The SMILES string of the molecule is CCc1cc2[n+](cc1-c1ccccc1)C(C)C(CC)C(CC)c1ccccc1-2. The highest BCUT2D eigenvalue weighted by Crippen LogP contribution is 2.43. The smallest absolute Gasteiger partial charge is 0.195 e. The number of fused-ring (bicyclic) bond motifs is 3. The zero-order valence-corrected chi connectivity index (χ0v) is 17.7. The number of aryl methyl sites for hydroxylation is 1. The minimum absolute atomic E-state index is 0.478. The molecule has 3 unspecified atom stereocenters. The molecular weight excluding hydrogens is 338 g/mol. The van der Waals surface area contributed by atoms with Gasteiger partial charge in [-0.3, -0.25) is 0 Å². The molecule has 144 valence electrons. The van der Waals surface area contributed by atoms with Crippen molar-refractivity contribution in [1.82, 2.24) is 0 Å². The summed E-state index contributed by atoms with van der Waals surface area (Å²) in [7, 11) is 0. The van der Waals surface area contributed by atoms with Crippen LogP contribution in [-0.2, 0) is 6.42 Å². The van der Waals surface area contributed by atoms with Gasteiger partial charge < -0.3 is 0 Å². The molecule has 1 aromatic heterocycles. The number of hydrogen-bond donors (Lipinski definition) is 0. The number of rotatable bonds is 4. The van der Waals surface area contributed by atoms with E-state index in [0.29, 0.717) is 17.9 Å². The molecule has 4 rings (SSSR count). The zero-order chi connectivity index (χ0) is 19.7. The van der Waals surface area contributed by atoms with Crippen molar-refractivity contribution in [3.8, 4) is 22.4 Å². The Hall–Kier alpha value is -2.41. The molecule has 1 aliphatic heterocycles. The molecule has 0 bridgehead atoms. The van der Waals surface area contributed by atoms with Gasteiger partial charge in [-0.1, -0.05) is 69.3 Å². The summed E-state index contributed by atoms with van der Waals surface area (Å²) in [5.41, 5.74) is 8.47. The Bertz CT molecular complexity index is 957. The van der Waals surface area contributed by atoms with Crippen molar-refractivity contribution in [2.24, 2.45) is 5.92 Å². The van der Waals surface area contributed by atoms with Gasteiger partial charge in [0.25, 0.3) is 0 Å². The summed E-state index contributed by atoms with van der Waals surface area (Å²) in [5, 5.41) is 0. The number of hydrogen-bond acceptors (Lipinski definition) is 0. The van der Waals surface area contributed by atoms with E-state index in [9.17, 15) is 0 Å². The lowest BCUT2D eigenvalue weighted by Crippen LogP contribution is -2.43. The molecule has 0 N–H and O–H groups in total. The van der Waals surface area contributed by atoms with Gasteiger partial charge in [0.2, 0.25) is 5.69 Å². The molecule has 0 saturated heterocycles. The van der Waals surface area contributed by atoms with E-state index in [2.05, 4.69) is 99.1 Å². The van der Waals surface area contributed by atoms with Gasteiger partial charge in [-0.05, 0) is 54.9 Å². The van der Waals surface area contributed by atoms with Gasteiger partial charge in [0, 0.05) is 23.1 Å². The minimum atomic E-state index is 0.478. The van der Waals surface area contributed by atoms with Gasteiger partial charge in [-0.25, -0.2) is 0 Å². The Kier molecular flexibility index (Phi) is 5.35. The van der Waals surface area contributed by atoms with E-state index < -0.39 is 0 Å². The first-order valence-electron chi connectivity index (χ1n) is 10.9. The van der Waals surface area contributed by atoms with Crippen LogP contribution in [0.3, 0.4) is 0 Å². The van der Waals surface area contributed by atoms with E-state index in [1.165, 1.54) is 46.4 Å². The average Bonchev–Trinajstić information content (AvgIpc) is 2.85. The first-order chi connectivity index (χ1) is 13.7. The highest BCUT2D eigenvalue weighted by Gasteiger charge is 2.38. The van der Waals surface area contributed by atoms with Crippen LogP contribution in [0.25, 0.3) is 22.4 Å². The molecule has 0 saturated carbocycles. The summed E-state index contributed by atoms with van der Waals surface area (Å²) < 4.78 is 2.57. The van der Waals surface area contributed by atoms with E-state index >= 15 is 0 Å². The van der Waals surface area contributed by atoms with Crippen LogP contribution in [0, 0.1) is 5.92 Å². The fourth-order valence-electron chi connectivity index (χ4n) is 5.31. The molecule has 28 heavy (non-hydrogen) atoms. The van der Waals surface area contributed by atoms with E-state index in [4.69, 9.17) is 0 Å². The maximum atomic E-state index is 2.57. The summed E-state index contributed by atoms with van der Waals surface area (Å²) in [6.45, 7) is 9.40. The summed E-state index contributed by atoms with van der Waals surface area (Å²) in [4.78, 5) is 0. The van der Waals surface area contributed by atoms with Crippen LogP contribution in [0.2, 0.25) is 0 Å². The lowest BCUT2D eigenvalue weighted by Gasteiger charge is -2.26. The normalized spacial score (nSPS) is 20.9. The van der Waals surface area contributed by atoms with Crippen LogP contribution in [0.15, 0.2) is 66.9 Å². The second-order valence-corrected chi connectivity index (χ2v) is 8.14. The maximum absolute atomic E-state index is 2.57. The van der Waals surface area contributed by atoms with E-state index in [1.807, 2.05) is 0 Å². The Morgan fingerprint density at radius 3 is 2.21 bits per heavy atom. The molecule has 3 aromatic rings. The number of pyridine rings is 1. The van der Waals surface area contributed by atoms with Crippen molar-refractivity contribution in [2.75, 3.05) is 0 Å². The Labute approximate surface area is 170 Å². The summed E-state index contributed by atoms with van der Waals surface area (Å²) in [6.07, 6.45) is 5.88. The lowest BCUT2D eigenvalue weighted by molar-refractivity contribution is -0.716. The molecule has 2 aromatic carbocycles. The van der Waals surface area contributed by atoms with Crippen molar-refractivity contribution < 1.29 is 4.57 Å². The molecule has 3 atom stereocenters. The number of benzene rings is 2. The molecule has 2 heterocycles. The lowest BCUT2D eigenvalue weighted by atomic mass is 9.78. The second kappa shape index (κ2) is 7.91. The predicted octanol–water partition coefficient (Wildman–Crippen LogP) is 6.96. The predicted molar refractivity (Wildman–Crippen MR) is 118 cm³/mol. The van der Waals surface area contributed by atoms with E-state index in [-0.39, 0.29) is 0 Å². The number of aromatic nitrogens is 1. The first kappa shape index (κ1) is 18.9. The Morgan fingerprint density at radius 1 is 0.821 bits per heavy atom. The van der Waals surface area contributed by atoms with E-state index in [0.717, 1.165) is 6.42 Å².